The second-order valence-electron chi connectivity index (χ2n) is 3.97. The molecule has 15 heavy (non-hydrogen) atoms. The van der Waals surface area contributed by atoms with E-state index in [1.54, 1.807) is 17.1 Å². The van der Waals surface area contributed by atoms with Crippen molar-refractivity contribution in [1.82, 2.24) is 0 Å². The molecule has 0 N–H and O–H groups in total. The molecule has 1 aliphatic heterocycles. The van der Waals surface area contributed by atoms with Crippen molar-refractivity contribution in [3.8, 4) is 0 Å². The van der Waals surface area contributed by atoms with E-state index in [9.17, 15) is 0 Å². The molecule has 1 fully saturated rings. The summed E-state index contributed by atoms with van der Waals surface area (Å²) in [6.45, 7) is 17.3. The molecular weight excluding hydrogens is 240 g/mol. The third kappa shape index (κ3) is 2.65. The monoisotopic (exact) mass is 258 g/mol. The third-order valence-electron chi connectivity index (χ3n) is 2.33. The molecule has 0 spiro atoms. The van der Waals surface area contributed by atoms with Gasteiger partial charge in [0, 0.05) is 0 Å². The van der Waals surface area contributed by atoms with Gasteiger partial charge in [-0.1, -0.05) is 17.1 Å². The van der Waals surface area contributed by atoms with Gasteiger partial charge in [0.1, 0.15) is 0 Å². The lowest BCUT2D eigenvalue weighted by atomic mass is 11.3. The molecular formula is C9H18O3Si3. The van der Waals surface area contributed by atoms with Gasteiger partial charge in [0.15, 0.2) is 0 Å². The van der Waals surface area contributed by atoms with Gasteiger partial charge >= 0.3 is 25.7 Å². The zero-order chi connectivity index (χ0) is 11.7. The first-order valence-corrected chi connectivity index (χ1v) is 12.0. The normalized spacial score (nSPS) is 45.8. The van der Waals surface area contributed by atoms with Crippen LogP contribution in [0.5, 0.6) is 0 Å². The van der Waals surface area contributed by atoms with E-state index in [-0.39, 0.29) is 0 Å². The molecule has 0 unspecified atom stereocenters. The van der Waals surface area contributed by atoms with Crippen LogP contribution in [-0.4, -0.2) is 25.7 Å². The lowest BCUT2D eigenvalue weighted by Crippen LogP contribution is -2.65. The molecule has 1 heterocycles. The largest absolute Gasteiger partial charge is 0.410 e. The molecule has 0 bridgehead atoms. The van der Waals surface area contributed by atoms with E-state index in [2.05, 4.69) is 19.7 Å². The maximum Gasteiger partial charge on any atom is 0.344 e. The Morgan fingerprint density at radius 3 is 1.00 bits per heavy atom. The summed E-state index contributed by atoms with van der Waals surface area (Å²) in [5, 5.41) is 0. The topological polar surface area (TPSA) is 27.7 Å². The maximum absolute atomic E-state index is 5.94. The lowest BCUT2D eigenvalue weighted by molar-refractivity contribution is 0.250. The summed E-state index contributed by atoms with van der Waals surface area (Å²) in [6, 6.07) is 0. The van der Waals surface area contributed by atoms with Gasteiger partial charge in [0.25, 0.3) is 0 Å². The Hall–Kier alpha value is -0.249. The molecule has 0 aliphatic carbocycles. The Labute approximate surface area is 94.8 Å². The van der Waals surface area contributed by atoms with Crippen molar-refractivity contribution >= 4 is 25.7 Å². The van der Waals surface area contributed by atoms with Crippen molar-refractivity contribution in [1.29, 1.82) is 0 Å². The summed E-state index contributed by atoms with van der Waals surface area (Å²) in [5.41, 5.74) is 5.37. The average molecular weight is 258 g/mol. The molecule has 84 valence electrons. The first-order valence-electron chi connectivity index (χ1n) is 4.82. The molecule has 1 saturated heterocycles. The highest BCUT2D eigenvalue weighted by molar-refractivity contribution is 6.98. The average Bonchev–Trinajstić information content (AvgIpc) is 2.16. The first-order chi connectivity index (χ1) is 6.80. The highest BCUT2D eigenvalue weighted by Crippen LogP contribution is 2.31. The fourth-order valence-corrected chi connectivity index (χ4v) is 14.8. The molecule has 3 nitrogen and oxygen atoms in total. The Kier molecular flexibility index (Phi) is 3.39. The van der Waals surface area contributed by atoms with Gasteiger partial charge in [-0.3, -0.25) is 0 Å². The van der Waals surface area contributed by atoms with Crippen LogP contribution in [0, 0.1) is 0 Å². The predicted octanol–water partition coefficient (Wildman–Crippen LogP) is 2.44. The molecule has 0 radical (unpaired) electrons. The molecule has 1 rings (SSSR count). The minimum atomic E-state index is -2.30. The Balaban J connectivity index is 3.07. The van der Waals surface area contributed by atoms with Crippen LogP contribution in [0.1, 0.15) is 0 Å². The second-order valence-corrected chi connectivity index (χ2v) is 13.7. The van der Waals surface area contributed by atoms with E-state index in [1.807, 2.05) is 19.6 Å². The molecule has 0 aromatic heterocycles. The Morgan fingerprint density at radius 2 is 0.867 bits per heavy atom. The fourth-order valence-electron chi connectivity index (χ4n) is 1.52. The standard InChI is InChI=1S/C9H18O3Si3/c1-7-13(4)10-14(5,8-2)12-15(6,9-3)11-13/h7-9H,1-3H2,4-6H3. The van der Waals surface area contributed by atoms with Gasteiger partial charge in [-0.25, -0.2) is 0 Å². The van der Waals surface area contributed by atoms with E-state index in [0.717, 1.165) is 0 Å². The molecule has 0 saturated carbocycles. The molecule has 6 heteroatoms. The molecule has 0 atom stereocenters. The minimum Gasteiger partial charge on any atom is -0.410 e. The molecule has 1 aliphatic rings. The predicted molar refractivity (Wildman–Crippen MR) is 68.7 cm³/mol. The van der Waals surface area contributed by atoms with E-state index >= 15 is 0 Å². The molecule has 0 aromatic rings. The summed E-state index contributed by atoms with van der Waals surface area (Å²) in [5.74, 6) is 0. The second kappa shape index (κ2) is 3.96. The van der Waals surface area contributed by atoms with Crippen molar-refractivity contribution in [2.24, 2.45) is 0 Å². The highest BCUT2D eigenvalue weighted by atomic mass is 28.5. The van der Waals surface area contributed by atoms with Crippen molar-refractivity contribution in [3.05, 3.63) is 36.8 Å². The van der Waals surface area contributed by atoms with Crippen molar-refractivity contribution < 1.29 is 12.3 Å². The van der Waals surface area contributed by atoms with E-state index < -0.39 is 25.7 Å². The quantitative estimate of drug-likeness (QED) is 0.728. The number of hydrogen-bond acceptors (Lipinski definition) is 3. The third-order valence-corrected chi connectivity index (χ3v) is 14.3. The lowest BCUT2D eigenvalue weighted by Gasteiger charge is -2.46. The summed E-state index contributed by atoms with van der Waals surface area (Å²) in [7, 11) is -6.91. The fraction of sp³-hybridized carbons (Fsp3) is 0.333. The van der Waals surface area contributed by atoms with Crippen LogP contribution in [0.4, 0.5) is 0 Å². The van der Waals surface area contributed by atoms with Gasteiger partial charge in [0.2, 0.25) is 0 Å². The first kappa shape index (κ1) is 12.8. The number of hydrogen-bond donors (Lipinski definition) is 0. The van der Waals surface area contributed by atoms with Crippen LogP contribution in [0.15, 0.2) is 36.8 Å². The van der Waals surface area contributed by atoms with Crippen LogP contribution >= 0.6 is 0 Å². The minimum absolute atomic E-state index is 1.79. The van der Waals surface area contributed by atoms with E-state index in [0.29, 0.717) is 0 Å². The van der Waals surface area contributed by atoms with E-state index in [4.69, 9.17) is 12.3 Å². The van der Waals surface area contributed by atoms with Gasteiger partial charge in [0.05, 0.1) is 0 Å². The summed E-state index contributed by atoms with van der Waals surface area (Å²) in [4.78, 5) is 0. The SMILES string of the molecule is C=C[Si]1(C)O[Si](C)(C=C)O[Si](C)(C=C)O1. The van der Waals surface area contributed by atoms with Gasteiger partial charge < -0.3 is 12.3 Å². The highest BCUT2D eigenvalue weighted by Gasteiger charge is 2.53. The van der Waals surface area contributed by atoms with Crippen molar-refractivity contribution in [2.75, 3.05) is 0 Å². The van der Waals surface area contributed by atoms with Gasteiger partial charge in [-0.05, 0) is 19.6 Å². The zero-order valence-corrected chi connectivity index (χ0v) is 12.6. The zero-order valence-electron chi connectivity index (χ0n) is 9.58. The summed E-state index contributed by atoms with van der Waals surface area (Å²) in [6.07, 6.45) is 0. The summed E-state index contributed by atoms with van der Waals surface area (Å²) >= 11 is 0. The van der Waals surface area contributed by atoms with Crippen LogP contribution < -0.4 is 0 Å². The number of rotatable bonds is 3. The summed E-state index contributed by atoms with van der Waals surface area (Å²) < 4.78 is 17.8. The smallest absolute Gasteiger partial charge is 0.344 e. The van der Waals surface area contributed by atoms with Gasteiger partial charge in [-0.2, -0.15) is 0 Å². The molecule has 0 aromatic carbocycles. The maximum atomic E-state index is 5.94. The molecule has 0 amide bonds. The van der Waals surface area contributed by atoms with Gasteiger partial charge in [-0.15, -0.1) is 19.7 Å². The van der Waals surface area contributed by atoms with Crippen molar-refractivity contribution in [3.63, 3.8) is 0 Å². The van der Waals surface area contributed by atoms with Crippen LogP contribution in [-0.2, 0) is 12.3 Å². The van der Waals surface area contributed by atoms with Crippen LogP contribution in [0.3, 0.4) is 0 Å². The van der Waals surface area contributed by atoms with Crippen LogP contribution in [0.25, 0.3) is 0 Å². The van der Waals surface area contributed by atoms with Crippen molar-refractivity contribution in [2.45, 2.75) is 19.6 Å². The van der Waals surface area contributed by atoms with Crippen LogP contribution in [0.2, 0.25) is 19.6 Å². The van der Waals surface area contributed by atoms with E-state index in [1.165, 1.54) is 0 Å². The Bertz CT molecular complexity index is 249. The Morgan fingerprint density at radius 1 is 0.667 bits per heavy atom.